The molecule has 0 aliphatic rings. The van der Waals surface area contributed by atoms with Gasteiger partial charge in [0.2, 0.25) is 17.6 Å². The van der Waals surface area contributed by atoms with E-state index in [9.17, 15) is 4.79 Å². The lowest BCUT2D eigenvalue weighted by Gasteiger charge is -2.29. The molecule has 32 heavy (non-hydrogen) atoms. The highest BCUT2D eigenvalue weighted by Crippen LogP contribution is 2.22. The second kappa shape index (κ2) is 10.5. The lowest BCUT2D eigenvalue weighted by atomic mass is 10.0. The van der Waals surface area contributed by atoms with Crippen molar-refractivity contribution in [3.8, 4) is 11.4 Å². The van der Waals surface area contributed by atoms with E-state index in [0.717, 1.165) is 23.1 Å². The fraction of sp³-hybridized carbons (Fsp3) is 0.222. The average Bonchev–Trinajstić information content (AvgIpc) is 3.33. The number of aryl methyl sites for hydroxylation is 1. The topological polar surface area (TPSA) is 59.2 Å². The van der Waals surface area contributed by atoms with Crippen molar-refractivity contribution in [2.45, 2.75) is 32.2 Å². The minimum absolute atomic E-state index is 0.0454. The molecule has 0 bridgehead atoms. The number of benzene rings is 3. The number of amides is 1. The molecule has 0 radical (unpaired) electrons. The summed E-state index contributed by atoms with van der Waals surface area (Å²) in [6, 6.07) is 29.9. The van der Waals surface area contributed by atoms with Crippen molar-refractivity contribution in [2.24, 2.45) is 0 Å². The van der Waals surface area contributed by atoms with Gasteiger partial charge in [0.15, 0.2) is 0 Å². The predicted octanol–water partition coefficient (Wildman–Crippen LogP) is 5.50. The molecule has 4 aromatic rings. The van der Waals surface area contributed by atoms with Crippen LogP contribution in [0.3, 0.4) is 0 Å². The van der Waals surface area contributed by atoms with E-state index in [0.29, 0.717) is 31.1 Å². The maximum absolute atomic E-state index is 13.2. The first-order chi connectivity index (χ1) is 15.7. The number of hydrogen-bond acceptors (Lipinski definition) is 4. The summed E-state index contributed by atoms with van der Waals surface area (Å²) in [6.45, 7) is 2.58. The Labute approximate surface area is 188 Å². The van der Waals surface area contributed by atoms with Crippen molar-refractivity contribution in [3.05, 3.63) is 108 Å². The lowest BCUT2D eigenvalue weighted by Crippen LogP contribution is -2.35. The van der Waals surface area contributed by atoms with Gasteiger partial charge in [0, 0.05) is 24.9 Å². The Hall–Kier alpha value is -3.73. The molecule has 0 saturated carbocycles. The van der Waals surface area contributed by atoms with Gasteiger partial charge in [0.25, 0.3) is 0 Å². The first-order valence-corrected chi connectivity index (χ1v) is 11.0. The number of hydrogen-bond donors (Lipinski definition) is 0. The van der Waals surface area contributed by atoms with Crippen molar-refractivity contribution < 1.29 is 9.32 Å². The Bertz CT molecular complexity index is 1110. The van der Waals surface area contributed by atoms with Crippen LogP contribution in [0, 0.1) is 0 Å². The van der Waals surface area contributed by atoms with E-state index >= 15 is 0 Å². The van der Waals surface area contributed by atoms with Crippen LogP contribution in [0.4, 0.5) is 0 Å². The van der Waals surface area contributed by atoms with E-state index in [-0.39, 0.29) is 11.9 Å². The summed E-state index contributed by atoms with van der Waals surface area (Å²) in [5.74, 6) is 1.22. The highest BCUT2D eigenvalue weighted by Gasteiger charge is 2.22. The van der Waals surface area contributed by atoms with Crippen LogP contribution in [0.5, 0.6) is 0 Å². The van der Waals surface area contributed by atoms with Crippen LogP contribution >= 0.6 is 0 Å². The molecule has 1 atom stereocenters. The Morgan fingerprint density at radius 1 is 0.875 bits per heavy atom. The first-order valence-electron chi connectivity index (χ1n) is 11.0. The number of aromatic nitrogens is 2. The van der Waals surface area contributed by atoms with E-state index in [1.165, 1.54) is 0 Å². The zero-order valence-electron chi connectivity index (χ0n) is 18.2. The predicted molar refractivity (Wildman–Crippen MR) is 125 cm³/mol. The van der Waals surface area contributed by atoms with Gasteiger partial charge in [-0.15, -0.1) is 0 Å². The van der Waals surface area contributed by atoms with Gasteiger partial charge in [-0.1, -0.05) is 96.2 Å². The summed E-state index contributed by atoms with van der Waals surface area (Å²) < 4.78 is 5.46. The first kappa shape index (κ1) is 21.5. The van der Waals surface area contributed by atoms with Crippen LogP contribution < -0.4 is 0 Å². The zero-order chi connectivity index (χ0) is 22.2. The molecule has 0 N–H and O–H groups in total. The zero-order valence-corrected chi connectivity index (χ0v) is 18.2. The van der Waals surface area contributed by atoms with Gasteiger partial charge in [-0.05, 0) is 24.5 Å². The SMILES string of the molecule is CC(c1ccccc1)N(CCc1nc(-c2ccccc2)no1)C(=O)CCc1ccccc1. The molecule has 5 nitrogen and oxygen atoms in total. The molecular weight excluding hydrogens is 398 g/mol. The van der Waals surface area contributed by atoms with E-state index in [1.54, 1.807) is 0 Å². The summed E-state index contributed by atoms with van der Waals surface area (Å²) >= 11 is 0. The Morgan fingerprint density at radius 2 is 1.50 bits per heavy atom. The van der Waals surface area contributed by atoms with Crippen molar-refractivity contribution in [3.63, 3.8) is 0 Å². The van der Waals surface area contributed by atoms with Crippen LogP contribution in [-0.4, -0.2) is 27.5 Å². The molecule has 162 valence electrons. The van der Waals surface area contributed by atoms with E-state index in [2.05, 4.69) is 41.3 Å². The summed E-state index contributed by atoms with van der Waals surface area (Å²) in [7, 11) is 0. The molecule has 5 heteroatoms. The van der Waals surface area contributed by atoms with Crippen LogP contribution in [0.1, 0.15) is 36.4 Å². The molecule has 1 aromatic heterocycles. The van der Waals surface area contributed by atoms with E-state index in [1.807, 2.05) is 71.6 Å². The molecule has 0 saturated heterocycles. The van der Waals surface area contributed by atoms with Gasteiger partial charge >= 0.3 is 0 Å². The largest absolute Gasteiger partial charge is 0.339 e. The Morgan fingerprint density at radius 3 is 2.19 bits per heavy atom. The molecule has 0 fully saturated rings. The third-order valence-corrected chi connectivity index (χ3v) is 5.61. The second-order valence-corrected chi connectivity index (χ2v) is 7.79. The molecule has 0 aliphatic heterocycles. The lowest BCUT2D eigenvalue weighted by molar-refractivity contribution is -0.133. The fourth-order valence-electron chi connectivity index (χ4n) is 3.76. The van der Waals surface area contributed by atoms with Crippen LogP contribution in [0.15, 0.2) is 95.5 Å². The van der Waals surface area contributed by atoms with Gasteiger partial charge in [0.05, 0.1) is 6.04 Å². The van der Waals surface area contributed by atoms with E-state index in [4.69, 9.17) is 4.52 Å². The van der Waals surface area contributed by atoms with Crippen molar-refractivity contribution in [1.82, 2.24) is 15.0 Å². The summed E-state index contributed by atoms with van der Waals surface area (Å²) in [6.07, 6.45) is 1.69. The minimum Gasteiger partial charge on any atom is -0.339 e. The molecular formula is C27H27N3O2. The maximum atomic E-state index is 13.2. The highest BCUT2D eigenvalue weighted by molar-refractivity contribution is 5.77. The van der Waals surface area contributed by atoms with Gasteiger partial charge in [-0.2, -0.15) is 4.98 Å². The van der Waals surface area contributed by atoms with Crippen molar-refractivity contribution in [2.75, 3.05) is 6.54 Å². The standard InChI is InChI=1S/C27H27N3O2/c1-21(23-13-7-3-8-14-23)30(26(31)18-17-22-11-5-2-6-12-22)20-19-25-28-27(29-32-25)24-15-9-4-10-16-24/h2-16,21H,17-20H2,1H3. The molecule has 1 unspecified atom stereocenters. The van der Waals surface area contributed by atoms with Gasteiger partial charge < -0.3 is 9.42 Å². The monoisotopic (exact) mass is 425 g/mol. The van der Waals surface area contributed by atoms with E-state index < -0.39 is 0 Å². The summed E-state index contributed by atoms with van der Waals surface area (Å²) in [5.41, 5.74) is 3.18. The minimum atomic E-state index is -0.0454. The molecule has 0 aliphatic carbocycles. The third-order valence-electron chi connectivity index (χ3n) is 5.61. The molecule has 4 rings (SSSR count). The number of rotatable bonds is 9. The van der Waals surface area contributed by atoms with Gasteiger partial charge in [0.1, 0.15) is 0 Å². The van der Waals surface area contributed by atoms with Crippen LogP contribution in [0.25, 0.3) is 11.4 Å². The average molecular weight is 426 g/mol. The number of nitrogens with zero attached hydrogens (tertiary/aromatic N) is 3. The van der Waals surface area contributed by atoms with Crippen molar-refractivity contribution in [1.29, 1.82) is 0 Å². The van der Waals surface area contributed by atoms with Crippen LogP contribution in [-0.2, 0) is 17.6 Å². The number of carbonyl (C=O) groups excluding carboxylic acids is 1. The second-order valence-electron chi connectivity index (χ2n) is 7.79. The Balaban J connectivity index is 1.46. The van der Waals surface area contributed by atoms with Crippen LogP contribution in [0.2, 0.25) is 0 Å². The third kappa shape index (κ3) is 5.49. The highest BCUT2D eigenvalue weighted by atomic mass is 16.5. The Kier molecular flexibility index (Phi) is 7.08. The van der Waals surface area contributed by atoms with Gasteiger partial charge in [-0.3, -0.25) is 4.79 Å². The maximum Gasteiger partial charge on any atom is 0.228 e. The van der Waals surface area contributed by atoms with Gasteiger partial charge in [-0.25, -0.2) is 0 Å². The molecule has 1 heterocycles. The molecule has 3 aromatic carbocycles. The molecule has 1 amide bonds. The van der Waals surface area contributed by atoms with Crippen molar-refractivity contribution >= 4 is 5.91 Å². The fourth-order valence-corrected chi connectivity index (χ4v) is 3.76. The normalized spacial score (nSPS) is 11.8. The smallest absolute Gasteiger partial charge is 0.228 e. The summed E-state index contributed by atoms with van der Waals surface area (Å²) in [5, 5.41) is 4.10. The summed E-state index contributed by atoms with van der Waals surface area (Å²) in [4.78, 5) is 19.7. The number of carbonyl (C=O) groups is 1. The quantitative estimate of drug-likeness (QED) is 0.355. The molecule has 0 spiro atoms.